The summed E-state index contributed by atoms with van der Waals surface area (Å²) < 4.78 is 10.8. The van der Waals surface area contributed by atoms with E-state index in [-0.39, 0.29) is 16.3 Å². The van der Waals surface area contributed by atoms with Crippen LogP contribution in [0.25, 0.3) is 11.6 Å². The van der Waals surface area contributed by atoms with Gasteiger partial charge in [0.1, 0.15) is 5.02 Å². The number of nitro groups is 1. The fraction of sp³-hybridized carbons (Fsp3) is 0.167. The Hall–Kier alpha value is -2.77. The van der Waals surface area contributed by atoms with E-state index < -0.39 is 10.8 Å². The Morgan fingerprint density at radius 3 is 2.59 bits per heavy atom. The molecule has 1 N–H and O–H groups in total. The van der Waals surface area contributed by atoms with E-state index in [9.17, 15) is 14.9 Å². The molecule has 0 spiro atoms. The fourth-order valence-corrected chi connectivity index (χ4v) is 3.31. The van der Waals surface area contributed by atoms with Crippen LogP contribution in [0.4, 0.5) is 11.4 Å². The molecule has 140 valence electrons. The van der Waals surface area contributed by atoms with Crippen LogP contribution in [0, 0.1) is 10.1 Å². The van der Waals surface area contributed by atoms with E-state index >= 15 is 0 Å². The van der Waals surface area contributed by atoms with Gasteiger partial charge in [0.05, 0.1) is 29.4 Å². The van der Waals surface area contributed by atoms with Crippen molar-refractivity contribution in [1.29, 1.82) is 0 Å². The van der Waals surface area contributed by atoms with Gasteiger partial charge in [-0.1, -0.05) is 23.2 Å². The van der Waals surface area contributed by atoms with Gasteiger partial charge in [-0.25, -0.2) is 0 Å². The quantitative estimate of drug-likeness (QED) is 0.435. The molecule has 0 radical (unpaired) electrons. The lowest BCUT2D eigenvalue weighted by atomic mass is 10.0. The van der Waals surface area contributed by atoms with Crippen molar-refractivity contribution in [3.63, 3.8) is 0 Å². The Morgan fingerprint density at radius 2 is 1.96 bits per heavy atom. The Labute approximate surface area is 164 Å². The number of carbonyl (C=O) groups is 1. The van der Waals surface area contributed by atoms with Crippen LogP contribution in [0.3, 0.4) is 0 Å². The van der Waals surface area contributed by atoms with E-state index in [0.29, 0.717) is 39.9 Å². The second kappa shape index (κ2) is 7.46. The Balaban J connectivity index is 2.13. The predicted molar refractivity (Wildman–Crippen MR) is 104 cm³/mol. The van der Waals surface area contributed by atoms with Gasteiger partial charge in [0.2, 0.25) is 0 Å². The highest BCUT2D eigenvalue weighted by Crippen LogP contribution is 2.41. The molecule has 0 saturated heterocycles. The maximum absolute atomic E-state index is 12.4. The number of nitrogens with one attached hydrogen (secondary N) is 1. The molecule has 0 unspecified atom stereocenters. The van der Waals surface area contributed by atoms with Crippen molar-refractivity contribution in [3.05, 3.63) is 55.6 Å². The number of nitro benzene ring substituents is 1. The van der Waals surface area contributed by atoms with Crippen LogP contribution in [0.1, 0.15) is 18.1 Å². The molecule has 2 aromatic carbocycles. The Bertz CT molecular complexity index is 988. The molecule has 1 aliphatic heterocycles. The molecule has 0 aromatic heterocycles. The summed E-state index contributed by atoms with van der Waals surface area (Å²) in [5, 5.41) is 14.1. The van der Waals surface area contributed by atoms with Crippen LogP contribution >= 0.6 is 23.2 Å². The molecular weight excluding hydrogens is 395 g/mol. The van der Waals surface area contributed by atoms with E-state index in [2.05, 4.69) is 5.32 Å². The summed E-state index contributed by atoms with van der Waals surface area (Å²) in [5.41, 5.74) is 1.36. The van der Waals surface area contributed by atoms with Crippen molar-refractivity contribution in [2.75, 3.05) is 19.0 Å². The third kappa shape index (κ3) is 3.56. The average Bonchev–Trinajstić information content (AvgIpc) is 2.88. The zero-order valence-corrected chi connectivity index (χ0v) is 15.9. The van der Waals surface area contributed by atoms with Gasteiger partial charge < -0.3 is 14.8 Å². The second-order valence-electron chi connectivity index (χ2n) is 5.59. The zero-order valence-electron chi connectivity index (χ0n) is 14.3. The third-order valence-corrected chi connectivity index (χ3v) is 4.50. The molecule has 1 aliphatic rings. The van der Waals surface area contributed by atoms with Gasteiger partial charge in [-0.2, -0.15) is 0 Å². The smallest absolute Gasteiger partial charge is 0.288 e. The van der Waals surface area contributed by atoms with Crippen LogP contribution in [-0.4, -0.2) is 24.5 Å². The van der Waals surface area contributed by atoms with Crippen LogP contribution in [0.5, 0.6) is 11.5 Å². The number of amides is 1. The first-order valence-corrected chi connectivity index (χ1v) is 8.63. The number of nitrogens with zero attached hydrogens (tertiary/aromatic N) is 1. The van der Waals surface area contributed by atoms with E-state index in [0.717, 1.165) is 0 Å². The number of carbonyl (C=O) groups excluding carboxylic acids is 1. The maximum Gasteiger partial charge on any atom is 0.288 e. The highest BCUT2D eigenvalue weighted by molar-refractivity contribution is 6.38. The Morgan fingerprint density at radius 1 is 1.22 bits per heavy atom. The standard InChI is InChI=1S/C18H14Cl2N2O5/c1-3-27-16-6-9(5-13(20)17(16)26-2)4-11-10-7-15(22(24)25)12(19)8-14(10)21-18(11)23/h4-8H,3H2,1-2H3,(H,21,23)/b11-4+. The van der Waals surface area contributed by atoms with Crippen LogP contribution in [0.15, 0.2) is 24.3 Å². The Kier molecular flexibility index (Phi) is 5.25. The number of halogens is 2. The van der Waals surface area contributed by atoms with Crippen LogP contribution < -0.4 is 14.8 Å². The molecule has 2 aromatic rings. The fourth-order valence-electron chi connectivity index (χ4n) is 2.78. The lowest BCUT2D eigenvalue weighted by molar-refractivity contribution is -0.384. The van der Waals surface area contributed by atoms with E-state index in [4.69, 9.17) is 32.7 Å². The summed E-state index contributed by atoms with van der Waals surface area (Å²) >= 11 is 12.1. The summed E-state index contributed by atoms with van der Waals surface area (Å²) in [5.74, 6) is 0.422. The summed E-state index contributed by atoms with van der Waals surface area (Å²) in [4.78, 5) is 22.9. The monoisotopic (exact) mass is 408 g/mol. The number of rotatable bonds is 5. The molecule has 7 nitrogen and oxygen atoms in total. The van der Waals surface area contributed by atoms with Gasteiger partial charge >= 0.3 is 0 Å². The normalized spacial score (nSPS) is 14.1. The van der Waals surface area contributed by atoms with Gasteiger partial charge in [0.25, 0.3) is 11.6 Å². The lowest BCUT2D eigenvalue weighted by Gasteiger charge is -2.12. The SMILES string of the molecule is CCOc1cc(/C=C2/C(=O)Nc3cc(Cl)c([N+](=O)[O-])cc32)cc(Cl)c1OC. The molecule has 3 rings (SSSR count). The number of hydrogen-bond donors (Lipinski definition) is 1. The largest absolute Gasteiger partial charge is 0.491 e. The number of fused-ring (bicyclic) bond motifs is 1. The minimum absolute atomic E-state index is 0.0496. The molecule has 9 heteroatoms. The van der Waals surface area contributed by atoms with Crippen LogP contribution in [-0.2, 0) is 4.79 Å². The minimum Gasteiger partial charge on any atom is -0.491 e. The minimum atomic E-state index is -0.597. The molecule has 0 aliphatic carbocycles. The first kappa shape index (κ1) is 19.0. The third-order valence-electron chi connectivity index (χ3n) is 3.91. The van der Waals surface area contributed by atoms with Crippen LogP contribution in [0.2, 0.25) is 10.0 Å². The van der Waals surface area contributed by atoms with Crippen molar-refractivity contribution >= 4 is 52.1 Å². The zero-order chi connectivity index (χ0) is 19.7. The highest BCUT2D eigenvalue weighted by Gasteiger charge is 2.28. The number of anilines is 1. The van der Waals surface area contributed by atoms with Crippen molar-refractivity contribution in [1.82, 2.24) is 0 Å². The van der Waals surface area contributed by atoms with Gasteiger partial charge in [0, 0.05) is 17.2 Å². The highest BCUT2D eigenvalue weighted by atomic mass is 35.5. The summed E-state index contributed by atoms with van der Waals surface area (Å²) in [6, 6.07) is 5.93. The first-order valence-electron chi connectivity index (χ1n) is 7.87. The number of hydrogen-bond acceptors (Lipinski definition) is 5. The second-order valence-corrected chi connectivity index (χ2v) is 6.40. The summed E-state index contributed by atoms with van der Waals surface area (Å²) in [6.45, 7) is 2.22. The summed E-state index contributed by atoms with van der Waals surface area (Å²) in [7, 11) is 1.48. The molecule has 1 amide bonds. The van der Waals surface area contributed by atoms with Gasteiger partial charge in [-0.05, 0) is 36.8 Å². The van der Waals surface area contributed by atoms with Gasteiger partial charge in [-0.15, -0.1) is 0 Å². The van der Waals surface area contributed by atoms with Crippen molar-refractivity contribution in [3.8, 4) is 11.5 Å². The summed E-state index contributed by atoms with van der Waals surface area (Å²) in [6.07, 6.45) is 1.58. The molecule has 27 heavy (non-hydrogen) atoms. The topological polar surface area (TPSA) is 90.7 Å². The van der Waals surface area contributed by atoms with Crippen molar-refractivity contribution in [2.24, 2.45) is 0 Å². The van der Waals surface area contributed by atoms with E-state index in [1.54, 1.807) is 18.2 Å². The number of methoxy groups -OCH3 is 1. The molecule has 0 atom stereocenters. The van der Waals surface area contributed by atoms with Gasteiger partial charge in [-0.3, -0.25) is 14.9 Å². The van der Waals surface area contributed by atoms with Gasteiger partial charge in [0.15, 0.2) is 11.5 Å². The number of ether oxygens (including phenoxy) is 2. The van der Waals surface area contributed by atoms with Crippen molar-refractivity contribution in [2.45, 2.75) is 6.92 Å². The molecular formula is C18H14Cl2N2O5. The maximum atomic E-state index is 12.4. The van der Waals surface area contributed by atoms with Crippen molar-refractivity contribution < 1.29 is 19.2 Å². The van der Waals surface area contributed by atoms with E-state index in [1.165, 1.54) is 19.2 Å². The average molecular weight is 409 g/mol. The van der Waals surface area contributed by atoms with E-state index in [1.807, 2.05) is 6.92 Å². The molecule has 0 saturated carbocycles. The first-order chi connectivity index (χ1) is 12.8. The molecule has 1 heterocycles. The number of benzene rings is 2. The lowest BCUT2D eigenvalue weighted by Crippen LogP contribution is -2.03. The predicted octanol–water partition coefficient (Wildman–Crippen LogP) is 4.80. The molecule has 0 fully saturated rings. The molecule has 0 bridgehead atoms.